The Hall–Kier alpha value is -2.42. The lowest BCUT2D eigenvalue weighted by Crippen LogP contribution is -2.00. The van der Waals surface area contributed by atoms with Gasteiger partial charge in [0, 0.05) is 36.7 Å². The van der Waals surface area contributed by atoms with E-state index in [9.17, 15) is 0 Å². The third kappa shape index (κ3) is 2.71. The standard InChI is InChI=1S/C16H15N3/c1-12-6-16(11-18-8-12)19-9-13-2-3-15-10-17-5-4-14(15)7-13/h2-8,10-11,19H,9H2,1H3. The maximum Gasteiger partial charge on any atom is 0.0532 e. The molecule has 0 bridgehead atoms. The van der Waals surface area contributed by atoms with Gasteiger partial charge in [-0.25, -0.2) is 0 Å². The smallest absolute Gasteiger partial charge is 0.0532 e. The van der Waals surface area contributed by atoms with Crippen LogP contribution in [0.25, 0.3) is 10.8 Å². The summed E-state index contributed by atoms with van der Waals surface area (Å²) in [6.45, 7) is 2.84. The topological polar surface area (TPSA) is 37.8 Å². The molecule has 3 nitrogen and oxygen atoms in total. The van der Waals surface area contributed by atoms with Gasteiger partial charge in [-0.1, -0.05) is 12.1 Å². The van der Waals surface area contributed by atoms with E-state index in [2.05, 4.69) is 39.6 Å². The molecule has 1 aromatic carbocycles. The highest BCUT2D eigenvalue weighted by atomic mass is 14.9. The minimum atomic E-state index is 0.795. The maximum absolute atomic E-state index is 4.18. The van der Waals surface area contributed by atoms with E-state index in [1.165, 1.54) is 16.3 Å². The number of nitrogens with one attached hydrogen (secondary N) is 1. The van der Waals surface area contributed by atoms with Crippen molar-refractivity contribution in [3.63, 3.8) is 0 Å². The Morgan fingerprint density at radius 2 is 1.89 bits per heavy atom. The van der Waals surface area contributed by atoms with Crippen molar-refractivity contribution in [3.05, 3.63) is 66.2 Å². The van der Waals surface area contributed by atoms with Crippen molar-refractivity contribution in [1.29, 1.82) is 0 Å². The van der Waals surface area contributed by atoms with E-state index in [0.717, 1.165) is 17.8 Å². The van der Waals surface area contributed by atoms with Gasteiger partial charge < -0.3 is 5.32 Å². The minimum Gasteiger partial charge on any atom is -0.380 e. The Labute approximate surface area is 112 Å². The van der Waals surface area contributed by atoms with Crippen LogP contribution in [0.15, 0.2) is 55.1 Å². The molecule has 0 saturated carbocycles. The first-order valence-corrected chi connectivity index (χ1v) is 6.29. The van der Waals surface area contributed by atoms with Crippen LogP contribution in [-0.4, -0.2) is 9.97 Å². The third-order valence-corrected chi connectivity index (χ3v) is 3.08. The van der Waals surface area contributed by atoms with Gasteiger partial charge in [0.25, 0.3) is 0 Å². The van der Waals surface area contributed by atoms with Gasteiger partial charge in [0.1, 0.15) is 0 Å². The monoisotopic (exact) mass is 249 g/mol. The summed E-state index contributed by atoms with van der Waals surface area (Å²) < 4.78 is 0. The fourth-order valence-corrected chi connectivity index (χ4v) is 2.10. The highest BCUT2D eigenvalue weighted by Crippen LogP contribution is 2.16. The normalized spacial score (nSPS) is 10.6. The number of rotatable bonds is 3. The minimum absolute atomic E-state index is 0.795. The second-order valence-corrected chi connectivity index (χ2v) is 4.66. The van der Waals surface area contributed by atoms with E-state index in [1.54, 1.807) is 0 Å². The molecule has 19 heavy (non-hydrogen) atoms. The van der Waals surface area contributed by atoms with Crippen LogP contribution in [0.3, 0.4) is 0 Å². The van der Waals surface area contributed by atoms with Gasteiger partial charge in [-0.3, -0.25) is 9.97 Å². The molecule has 1 N–H and O–H groups in total. The summed E-state index contributed by atoms with van der Waals surface area (Å²) in [4.78, 5) is 8.30. The van der Waals surface area contributed by atoms with Crippen LogP contribution < -0.4 is 5.32 Å². The first-order chi connectivity index (χ1) is 9.31. The Kier molecular flexibility index (Phi) is 3.11. The van der Waals surface area contributed by atoms with Crippen molar-refractivity contribution >= 4 is 16.5 Å². The van der Waals surface area contributed by atoms with E-state index in [1.807, 2.05) is 37.8 Å². The molecule has 0 spiro atoms. The van der Waals surface area contributed by atoms with Gasteiger partial charge in [0.15, 0.2) is 0 Å². The summed E-state index contributed by atoms with van der Waals surface area (Å²) in [5.74, 6) is 0. The van der Waals surface area contributed by atoms with Crippen LogP contribution in [0.1, 0.15) is 11.1 Å². The van der Waals surface area contributed by atoms with Gasteiger partial charge in [-0.15, -0.1) is 0 Å². The summed E-state index contributed by atoms with van der Waals surface area (Å²) in [6.07, 6.45) is 7.41. The lowest BCUT2D eigenvalue weighted by atomic mass is 10.1. The molecule has 2 aromatic heterocycles. The molecule has 2 heterocycles. The molecule has 3 aromatic rings. The SMILES string of the molecule is Cc1cncc(NCc2ccc3cnccc3c2)c1. The van der Waals surface area contributed by atoms with Crippen molar-refractivity contribution < 1.29 is 0 Å². The lowest BCUT2D eigenvalue weighted by Gasteiger charge is -2.07. The largest absolute Gasteiger partial charge is 0.380 e. The molecule has 94 valence electrons. The summed E-state index contributed by atoms with van der Waals surface area (Å²) in [5.41, 5.74) is 3.46. The van der Waals surface area contributed by atoms with Gasteiger partial charge in [0.2, 0.25) is 0 Å². The molecule has 3 rings (SSSR count). The molecule has 0 atom stereocenters. The molecular formula is C16H15N3. The van der Waals surface area contributed by atoms with Crippen LogP contribution in [0.2, 0.25) is 0 Å². The molecule has 0 unspecified atom stereocenters. The number of nitrogens with zero attached hydrogens (tertiary/aromatic N) is 2. The zero-order valence-corrected chi connectivity index (χ0v) is 10.8. The zero-order chi connectivity index (χ0) is 13.1. The third-order valence-electron chi connectivity index (χ3n) is 3.08. The molecular weight excluding hydrogens is 234 g/mol. The average Bonchev–Trinajstić information content (AvgIpc) is 2.45. The predicted octanol–water partition coefficient (Wildman–Crippen LogP) is 3.55. The number of anilines is 1. The fourth-order valence-electron chi connectivity index (χ4n) is 2.10. The van der Waals surface area contributed by atoms with Gasteiger partial charge in [-0.05, 0) is 41.6 Å². The number of pyridine rings is 2. The number of benzene rings is 1. The Bertz CT molecular complexity index is 707. The average molecular weight is 249 g/mol. The van der Waals surface area contributed by atoms with Crippen LogP contribution in [0, 0.1) is 6.92 Å². The van der Waals surface area contributed by atoms with Gasteiger partial charge >= 0.3 is 0 Å². The van der Waals surface area contributed by atoms with Crippen molar-refractivity contribution in [2.24, 2.45) is 0 Å². The van der Waals surface area contributed by atoms with E-state index < -0.39 is 0 Å². The molecule has 3 heteroatoms. The summed E-state index contributed by atoms with van der Waals surface area (Å²) in [7, 11) is 0. The first kappa shape index (κ1) is 11.7. The first-order valence-electron chi connectivity index (χ1n) is 6.29. The summed E-state index contributed by atoms with van der Waals surface area (Å²) >= 11 is 0. The van der Waals surface area contributed by atoms with E-state index in [-0.39, 0.29) is 0 Å². The number of aryl methyl sites for hydroxylation is 1. The number of fused-ring (bicyclic) bond motifs is 1. The maximum atomic E-state index is 4.18. The predicted molar refractivity (Wildman–Crippen MR) is 78.0 cm³/mol. The number of hydrogen-bond donors (Lipinski definition) is 1. The Balaban J connectivity index is 1.78. The number of aromatic nitrogens is 2. The lowest BCUT2D eigenvalue weighted by molar-refractivity contribution is 1.13. The quantitative estimate of drug-likeness (QED) is 0.771. The van der Waals surface area contributed by atoms with Crippen molar-refractivity contribution in [1.82, 2.24) is 9.97 Å². The summed E-state index contributed by atoms with van der Waals surface area (Å²) in [5, 5.41) is 5.78. The van der Waals surface area contributed by atoms with Crippen molar-refractivity contribution in [3.8, 4) is 0 Å². The van der Waals surface area contributed by atoms with E-state index in [4.69, 9.17) is 0 Å². The molecule has 0 saturated heterocycles. The highest BCUT2D eigenvalue weighted by Gasteiger charge is 1.98. The van der Waals surface area contributed by atoms with Crippen LogP contribution in [0.5, 0.6) is 0 Å². The van der Waals surface area contributed by atoms with E-state index in [0.29, 0.717) is 0 Å². The van der Waals surface area contributed by atoms with Crippen molar-refractivity contribution in [2.45, 2.75) is 13.5 Å². The molecule has 0 aliphatic heterocycles. The van der Waals surface area contributed by atoms with Crippen LogP contribution in [-0.2, 0) is 6.54 Å². The van der Waals surface area contributed by atoms with E-state index >= 15 is 0 Å². The van der Waals surface area contributed by atoms with Gasteiger partial charge in [0.05, 0.1) is 5.69 Å². The Morgan fingerprint density at radius 3 is 2.79 bits per heavy atom. The fraction of sp³-hybridized carbons (Fsp3) is 0.125. The van der Waals surface area contributed by atoms with Crippen LogP contribution in [0.4, 0.5) is 5.69 Å². The summed E-state index contributed by atoms with van der Waals surface area (Å²) in [6, 6.07) is 10.5. The molecule has 0 radical (unpaired) electrons. The molecule has 0 amide bonds. The second-order valence-electron chi connectivity index (χ2n) is 4.66. The zero-order valence-electron chi connectivity index (χ0n) is 10.8. The number of hydrogen-bond acceptors (Lipinski definition) is 3. The molecule has 0 aliphatic rings. The molecule has 0 aliphatic carbocycles. The molecule has 0 fully saturated rings. The second kappa shape index (κ2) is 5.06. The van der Waals surface area contributed by atoms with Crippen molar-refractivity contribution in [2.75, 3.05) is 5.32 Å². The van der Waals surface area contributed by atoms with Gasteiger partial charge in [-0.2, -0.15) is 0 Å². The van der Waals surface area contributed by atoms with Crippen LogP contribution >= 0.6 is 0 Å². The Morgan fingerprint density at radius 1 is 0.947 bits per heavy atom. The highest BCUT2D eigenvalue weighted by molar-refractivity contribution is 5.82.